The number of nitrogens with one attached hydrogen (secondary N) is 2. The molecule has 0 unspecified atom stereocenters. The highest BCUT2D eigenvalue weighted by molar-refractivity contribution is 9.11. The van der Waals surface area contributed by atoms with Crippen molar-refractivity contribution in [2.24, 2.45) is 0 Å². The van der Waals surface area contributed by atoms with Gasteiger partial charge in [0.1, 0.15) is 4.90 Å². The van der Waals surface area contributed by atoms with Crippen LogP contribution < -0.4 is 10.5 Å². The quantitative estimate of drug-likeness (QED) is 0.694. The number of nitrogens with zero attached hydrogens (tertiary/aromatic N) is 1. The summed E-state index contributed by atoms with van der Waals surface area (Å²) in [7, 11) is -3.67. The fourth-order valence-corrected chi connectivity index (χ4v) is 3.96. The summed E-state index contributed by atoms with van der Waals surface area (Å²) in [6, 6.07) is 3.22. The summed E-state index contributed by atoms with van der Waals surface area (Å²) >= 11 is 6.51. The predicted molar refractivity (Wildman–Crippen MR) is 75.7 cm³/mol. The molecule has 0 saturated heterocycles. The number of benzene rings is 1. The highest BCUT2D eigenvalue weighted by Gasteiger charge is 2.18. The Balaban J connectivity index is 2.42. The number of halogens is 2. The van der Waals surface area contributed by atoms with Gasteiger partial charge in [0.25, 0.3) is 10.0 Å². The smallest absolute Gasteiger partial charge is 0.265 e. The third-order valence-corrected chi connectivity index (χ3v) is 4.65. The van der Waals surface area contributed by atoms with Gasteiger partial charge in [-0.3, -0.25) is 9.82 Å². The molecule has 9 heteroatoms. The molecule has 1 heterocycles. The number of aromatic amines is 1. The van der Waals surface area contributed by atoms with Crippen molar-refractivity contribution < 1.29 is 8.42 Å². The fraction of sp³-hybridized carbons (Fsp3) is 0. The van der Waals surface area contributed by atoms with E-state index >= 15 is 0 Å². The minimum atomic E-state index is -3.67. The van der Waals surface area contributed by atoms with Crippen molar-refractivity contribution in [3.05, 3.63) is 33.5 Å². The number of hydrogen-bond donors (Lipinski definition) is 3. The van der Waals surface area contributed by atoms with Gasteiger partial charge < -0.3 is 5.73 Å². The van der Waals surface area contributed by atoms with Gasteiger partial charge in [0, 0.05) is 20.8 Å². The van der Waals surface area contributed by atoms with Gasteiger partial charge in [-0.15, -0.1) is 0 Å². The van der Waals surface area contributed by atoms with Gasteiger partial charge >= 0.3 is 0 Å². The number of H-pyrrole nitrogens is 1. The van der Waals surface area contributed by atoms with Gasteiger partial charge in [-0.25, -0.2) is 8.42 Å². The molecule has 0 saturated carbocycles. The number of hydrogen-bond acceptors (Lipinski definition) is 4. The zero-order valence-electron chi connectivity index (χ0n) is 8.81. The molecule has 6 nitrogen and oxygen atoms in total. The lowest BCUT2D eigenvalue weighted by molar-refractivity contribution is 0.601. The van der Waals surface area contributed by atoms with Crippen LogP contribution in [0.15, 0.2) is 38.4 Å². The Kier molecular flexibility index (Phi) is 3.64. The summed E-state index contributed by atoms with van der Waals surface area (Å²) < 4.78 is 27.5. The van der Waals surface area contributed by atoms with E-state index in [1.165, 1.54) is 12.4 Å². The Hall–Kier alpha value is -1.06. The van der Waals surface area contributed by atoms with E-state index in [4.69, 9.17) is 5.73 Å². The highest BCUT2D eigenvalue weighted by atomic mass is 79.9. The average Bonchev–Trinajstić information content (AvgIpc) is 2.77. The number of nitrogen functional groups attached to an aromatic ring is 1. The molecule has 0 atom stereocenters. The van der Waals surface area contributed by atoms with E-state index in [1.54, 1.807) is 12.1 Å². The summed E-state index contributed by atoms with van der Waals surface area (Å²) in [6.07, 6.45) is 2.52. The van der Waals surface area contributed by atoms with Crippen molar-refractivity contribution in [3.8, 4) is 0 Å². The van der Waals surface area contributed by atoms with Crippen molar-refractivity contribution in [1.82, 2.24) is 10.2 Å². The first-order valence-electron chi connectivity index (χ1n) is 4.66. The number of sulfonamides is 1. The van der Waals surface area contributed by atoms with Gasteiger partial charge in [-0.1, -0.05) is 0 Å². The van der Waals surface area contributed by atoms with E-state index in [9.17, 15) is 8.42 Å². The maximum atomic E-state index is 12.0. The predicted octanol–water partition coefficient (Wildman–Crippen LogP) is 2.32. The minimum absolute atomic E-state index is 0.0538. The SMILES string of the molecule is Nc1cc(Br)c(NS(=O)(=O)c2cn[nH]c2)c(Br)c1. The maximum absolute atomic E-state index is 12.0. The number of nitrogens with two attached hydrogens (primary N) is 1. The van der Waals surface area contributed by atoms with Crippen molar-refractivity contribution in [1.29, 1.82) is 0 Å². The fourth-order valence-electron chi connectivity index (χ4n) is 1.27. The second-order valence-corrected chi connectivity index (χ2v) is 6.79. The van der Waals surface area contributed by atoms with Crippen molar-refractivity contribution >= 4 is 53.3 Å². The molecular formula is C9H8Br2N4O2S. The van der Waals surface area contributed by atoms with Crippen LogP contribution in [0.5, 0.6) is 0 Å². The van der Waals surface area contributed by atoms with Gasteiger partial charge in [-0.05, 0) is 44.0 Å². The molecule has 2 aromatic rings. The number of anilines is 2. The molecule has 96 valence electrons. The van der Waals surface area contributed by atoms with Crippen LogP contribution in [0.1, 0.15) is 0 Å². The lowest BCUT2D eigenvalue weighted by Crippen LogP contribution is -2.13. The zero-order chi connectivity index (χ0) is 13.3. The molecule has 0 aliphatic carbocycles. The summed E-state index contributed by atoms with van der Waals surface area (Å²) in [5, 5.41) is 6.05. The Labute approximate surface area is 120 Å². The van der Waals surface area contributed by atoms with Crippen LogP contribution in [0.2, 0.25) is 0 Å². The van der Waals surface area contributed by atoms with E-state index in [-0.39, 0.29) is 4.90 Å². The molecule has 0 amide bonds. The lowest BCUT2D eigenvalue weighted by Gasteiger charge is -2.11. The van der Waals surface area contributed by atoms with Gasteiger partial charge in [0.05, 0.1) is 11.9 Å². The van der Waals surface area contributed by atoms with E-state index in [0.717, 1.165) is 0 Å². The molecule has 0 bridgehead atoms. The highest BCUT2D eigenvalue weighted by Crippen LogP contribution is 2.34. The number of rotatable bonds is 3. The third kappa shape index (κ3) is 2.68. The van der Waals surface area contributed by atoms with Crippen LogP contribution in [0.3, 0.4) is 0 Å². The summed E-state index contributed by atoms with van der Waals surface area (Å²) in [5.74, 6) is 0. The summed E-state index contributed by atoms with van der Waals surface area (Å²) in [4.78, 5) is 0.0538. The first-order chi connectivity index (χ1) is 8.40. The Morgan fingerprint density at radius 3 is 2.39 bits per heavy atom. The largest absolute Gasteiger partial charge is 0.399 e. The van der Waals surface area contributed by atoms with Gasteiger partial charge in [0.2, 0.25) is 0 Å². The third-order valence-electron chi connectivity index (χ3n) is 2.08. The second-order valence-electron chi connectivity index (χ2n) is 3.40. The van der Waals surface area contributed by atoms with E-state index < -0.39 is 10.0 Å². The summed E-state index contributed by atoms with van der Waals surface area (Å²) in [6.45, 7) is 0. The summed E-state index contributed by atoms with van der Waals surface area (Å²) in [5.41, 5.74) is 6.53. The number of aromatic nitrogens is 2. The van der Waals surface area contributed by atoms with Gasteiger partial charge in [0.15, 0.2) is 0 Å². The van der Waals surface area contributed by atoms with Crippen molar-refractivity contribution in [3.63, 3.8) is 0 Å². The molecular weight excluding hydrogens is 388 g/mol. The van der Waals surface area contributed by atoms with Crippen LogP contribution in [-0.2, 0) is 10.0 Å². The van der Waals surface area contributed by atoms with E-state index in [1.807, 2.05) is 0 Å². The van der Waals surface area contributed by atoms with Crippen LogP contribution in [0.25, 0.3) is 0 Å². The molecule has 0 radical (unpaired) electrons. The Bertz CT molecular complexity index is 647. The molecule has 0 spiro atoms. The monoisotopic (exact) mass is 394 g/mol. The molecule has 0 fully saturated rings. The van der Waals surface area contributed by atoms with Crippen LogP contribution in [-0.4, -0.2) is 18.6 Å². The van der Waals surface area contributed by atoms with E-state index in [0.29, 0.717) is 20.3 Å². The van der Waals surface area contributed by atoms with Crippen LogP contribution >= 0.6 is 31.9 Å². The molecule has 1 aromatic heterocycles. The van der Waals surface area contributed by atoms with Crippen LogP contribution in [0, 0.1) is 0 Å². The Morgan fingerprint density at radius 1 is 1.28 bits per heavy atom. The first kappa shape index (κ1) is 13.4. The van der Waals surface area contributed by atoms with Crippen LogP contribution in [0.4, 0.5) is 11.4 Å². The normalized spacial score (nSPS) is 11.4. The van der Waals surface area contributed by atoms with E-state index in [2.05, 4.69) is 46.8 Å². The first-order valence-corrected chi connectivity index (χ1v) is 7.73. The molecule has 2 rings (SSSR count). The minimum Gasteiger partial charge on any atom is -0.399 e. The Morgan fingerprint density at radius 2 is 1.89 bits per heavy atom. The maximum Gasteiger partial charge on any atom is 0.265 e. The molecule has 0 aliphatic rings. The van der Waals surface area contributed by atoms with Crippen molar-refractivity contribution in [2.75, 3.05) is 10.5 Å². The van der Waals surface area contributed by atoms with Crippen molar-refractivity contribution in [2.45, 2.75) is 4.90 Å². The zero-order valence-corrected chi connectivity index (χ0v) is 12.8. The molecule has 18 heavy (non-hydrogen) atoms. The topological polar surface area (TPSA) is 101 Å². The molecule has 0 aliphatic heterocycles. The standard InChI is InChI=1S/C9H8Br2N4O2S/c10-7-1-5(12)2-8(11)9(7)15-18(16,17)6-3-13-14-4-6/h1-4,15H,12H2,(H,13,14). The van der Waals surface area contributed by atoms with Gasteiger partial charge in [-0.2, -0.15) is 5.10 Å². The molecule has 1 aromatic carbocycles. The average molecular weight is 396 g/mol. The molecule has 4 N–H and O–H groups in total. The second kappa shape index (κ2) is 4.90. The lowest BCUT2D eigenvalue weighted by atomic mass is 10.3.